The number of aliphatic hydroxyl groups excluding tert-OH is 1. The molecule has 0 aromatic carbocycles. The molecule has 0 amide bonds. The molecule has 124 valence electrons. The quantitative estimate of drug-likeness (QED) is 0.287. The molecule has 2 nitrogen and oxygen atoms in total. The Kier molecular flexibility index (Phi) is 17.9. The van der Waals surface area contributed by atoms with Crippen LogP contribution in [0.15, 0.2) is 0 Å². The molecule has 0 saturated heterocycles. The number of nitrogens with zero attached hydrogens (tertiary/aromatic N) is 1. The molecule has 0 aliphatic carbocycles. The molecule has 0 rings (SSSR count). The van der Waals surface area contributed by atoms with Crippen molar-refractivity contribution in [2.45, 2.75) is 84.0 Å². The van der Waals surface area contributed by atoms with Crippen LogP contribution in [0.4, 0.5) is 0 Å². The van der Waals surface area contributed by atoms with Gasteiger partial charge in [-0.2, -0.15) is 0 Å². The van der Waals surface area contributed by atoms with Crippen molar-refractivity contribution < 1.29 is 26.6 Å². The summed E-state index contributed by atoms with van der Waals surface area (Å²) in [6.45, 7) is 3.65. The van der Waals surface area contributed by atoms with Crippen molar-refractivity contribution in [2.75, 3.05) is 27.4 Å². The number of unbranched alkanes of at least 4 members (excludes halogenated alkanes) is 11. The molecule has 0 aliphatic heterocycles. The van der Waals surface area contributed by atoms with Crippen LogP contribution in [0.25, 0.3) is 0 Å². The van der Waals surface area contributed by atoms with E-state index in [2.05, 4.69) is 21.0 Å². The minimum atomic E-state index is 0. The van der Waals surface area contributed by atoms with E-state index in [-0.39, 0.29) is 23.7 Å². The summed E-state index contributed by atoms with van der Waals surface area (Å²) in [5, 5.41) is 9.14. The third-order valence-electron chi connectivity index (χ3n) is 4.00. The number of hydrogen-bond acceptors (Lipinski definition) is 1. The van der Waals surface area contributed by atoms with Gasteiger partial charge >= 0.3 is 0 Å². The molecule has 0 unspecified atom stereocenters. The second-order valence-electron chi connectivity index (χ2n) is 6.69. The summed E-state index contributed by atoms with van der Waals surface area (Å²) in [7, 11) is 4.19. The monoisotopic (exact) mass is 351 g/mol. The van der Waals surface area contributed by atoms with Crippen LogP contribution in [0.3, 0.4) is 0 Å². The van der Waals surface area contributed by atoms with E-state index in [4.69, 9.17) is 5.11 Å². The van der Waals surface area contributed by atoms with E-state index in [0.717, 1.165) is 11.0 Å². The first-order chi connectivity index (χ1) is 9.12. The van der Waals surface area contributed by atoms with Crippen LogP contribution >= 0.6 is 0 Å². The van der Waals surface area contributed by atoms with Gasteiger partial charge in [0.2, 0.25) is 0 Å². The van der Waals surface area contributed by atoms with Gasteiger partial charge in [0.25, 0.3) is 0 Å². The van der Waals surface area contributed by atoms with E-state index in [1.165, 1.54) is 77.0 Å². The number of rotatable bonds is 14. The summed E-state index contributed by atoms with van der Waals surface area (Å²) in [6.07, 6.45) is 16.8. The van der Waals surface area contributed by atoms with Gasteiger partial charge in [0.1, 0.15) is 0 Å². The summed E-state index contributed by atoms with van der Waals surface area (Å²) in [4.78, 5) is 0. The maximum absolute atomic E-state index is 9.14. The van der Waals surface area contributed by atoms with Crippen LogP contribution < -0.4 is 17.0 Å². The largest absolute Gasteiger partial charge is 1.00 e. The molecule has 3 heteroatoms. The number of halogens is 1. The molecule has 0 atom stereocenters. The average Bonchev–Trinajstić information content (AvgIpc) is 2.40. The highest BCUT2D eigenvalue weighted by molar-refractivity contribution is 4.48. The third-order valence-corrected chi connectivity index (χ3v) is 4.00. The summed E-state index contributed by atoms with van der Waals surface area (Å²) in [5.41, 5.74) is 0. The highest BCUT2D eigenvalue weighted by atomic mass is 79.9. The van der Waals surface area contributed by atoms with E-state index < -0.39 is 0 Å². The smallest absolute Gasteiger partial charge is 0.179 e. The topological polar surface area (TPSA) is 20.2 Å². The van der Waals surface area contributed by atoms with Gasteiger partial charge in [0.05, 0.1) is 20.6 Å². The lowest BCUT2D eigenvalue weighted by molar-refractivity contribution is -0.909. The van der Waals surface area contributed by atoms with Crippen molar-refractivity contribution >= 4 is 0 Å². The van der Waals surface area contributed by atoms with Gasteiger partial charge in [-0.3, -0.25) is 0 Å². The van der Waals surface area contributed by atoms with Gasteiger partial charge in [0, 0.05) is 0 Å². The summed E-state index contributed by atoms with van der Waals surface area (Å²) < 4.78 is 0.748. The van der Waals surface area contributed by atoms with Crippen LogP contribution in [-0.2, 0) is 0 Å². The summed E-state index contributed by atoms with van der Waals surface area (Å²) >= 11 is 0. The molecule has 0 spiro atoms. The van der Waals surface area contributed by atoms with Crippen LogP contribution in [-0.4, -0.2) is 37.0 Å². The van der Waals surface area contributed by atoms with Gasteiger partial charge in [-0.25, -0.2) is 0 Å². The molecular formula is C17H38BrNO. The molecule has 0 saturated carbocycles. The maximum Gasteiger partial charge on any atom is 0.179 e. The second-order valence-corrected chi connectivity index (χ2v) is 6.69. The Morgan fingerprint density at radius 3 is 1.35 bits per heavy atom. The SMILES string of the molecule is CCCCCCCCCCCCCC[N+](C)(C)CO.[Br-]. The normalized spacial score (nSPS) is 11.4. The van der Waals surface area contributed by atoms with Gasteiger partial charge in [-0.15, -0.1) is 0 Å². The van der Waals surface area contributed by atoms with Gasteiger partial charge < -0.3 is 26.6 Å². The predicted molar refractivity (Wildman–Crippen MR) is 85.1 cm³/mol. The van der Waals surface area contributed by atoms with E-state index in [1.807, 2.05) is 0 Å². The average molecular weight is 352 g/mol. The molecule has 1 N–H and O–H groups in total. The maximum atomic E-state index is 9.14. The third kappa shape index (κ3) is 16.5. The molecule has 0 fully saturated rings. The lowest BCUT2D eigenvalue weighted by atomic mass is 10.1. The summed E-state index contributed by atoms with van der Waals surface area (Å²) in [5.74, 6) is 0. The van der Waals surface area contributed by atoms with E-state index >= 15 is 0 Å². The highest BCUT2D eigenvalue weighted by Gasteiger charge is 2.11. The zero-order chi connectivity index (χ0) is 14.4. The first-order valence-corrected chi connectivity index (χ1v) is 8.55. The Bertz CT molecular complexity index is 186. The highest BCUT2D eigenvalue weighted by Crippen LogP contribution is 2.12. The molecule has 20 heavy (non-hydrogen) atoms. The van der Waals surface area contributed by atoms with Crippen molar-refractivity contribution in [2.24, 2.45) is 0 Å². The Balaban J connectivity index is 0. The minimum Gasteiger partial charge on any atom is -1.00 e. The Labute approximate surface area is 138 Å². The number of hydrogen-bond donors (Lipinski definition) is 1. The first kappa shape index (κ1) is 22.7. The Morgan fingerprint density at radius 2 is 1.00 bits per heavy atom. The van der Waals surface area contributed by atoms with Crippen LogP contribution in [0.2, 0.25) is 0 Å². The van der Waals surface area contributed by atoms with Crippen molar-refractivity contribution in [3.8, 4) is 0 Å². The van der Waals surface area contributed by atoms with E-state index in [1.54, 1.807) is 0 Å². The van der Waals surface area contributed by atoms with Gasteiger partial charge in [-0.05, 0) is 12.8 Å². The summed E-state index contributed by atoms with van der Waals surface area (Å²) in [6, 6.07) is 0. The Hall–Kier alpha value is 0.400. The zero-order valence-electron chi connectivity index (χ0n) is 14.2. The van der Waals surface area contributed by atoms with Crippen molar-refractivity contribution in [3.63, 3.8) is 0 Å². The zero-order valence-corrected chi connectivity index (χ0v) is 15.8. The molecule has 0 aromatic heterocycles. The molecular weight excluding hydrogens is 314 g/mol. The first-order valence-electron chi connectivity index (χ1n) is 8.55. The molecule has 0 aliphatic rings. The minimum absolute atomic E-state index is 0. The standard InChI is InChI=1S/C17H38NO.BrH/c1-4-5-6-7-8-9-10-11-12-13-14-15-16-18(2,3)17-19;/h19H,4-17H2,1-3H3;1H/q+1;/p-1. The molecule has 0 radical (unpaired) electrons. The fourth-order valence-corrected chi connectivity index (χ4v) is 2.45. The van der Waals surface area contributed by atoms with Crippen molar-refractivity contribution in [3.05, 3.63) is 0 Å². The number of aliphatic hydroxyl groups is 1. The van der Waals surface area contributed by atoms with Crippen molar-refractivity contribution in [1.82, 2.24) is 0 Å². The molecule has 0 bridgehead atoms. The lowest BCUT2D eigenvalue weighted by Crippen LogP contribution is -3.00. The van der Waals surface area contributed by atoms with Gasteiger partial charge in [0.15, 0.2) is 6.73 Å². The van der Waals surface area contributed by atoms with Crippen LogP contribution in [0.1, 0.15) is 84.0 Å². The molecule has 0 aromatic rings. The van der Waals surface area contributed by atoms with Crippen LogP contribution in [0, 0.1) is 0 Å². The fraction of sp³-hybridized carbons (Fsp3) is 1.00. The predicted octanol–water partition coefficient (Wildman–Crippen LogP) is 1.72. The lowest BCUT2D eigenvalue weighted by Gasteiger charge is -2.26. The number of quaternary nitrogens is 1. The Morgan fingerprint density at radius 1 is 0.650 bits per heavy atom. The van der Waals surface area contributed by atoms with Crippen molar-refractivity contribution in [1.29, 1.82) is 0 Å². The van der Waals surface area contributed by atoms with Gasteiger partial charge in [-0.1, -0.05) is 71.1 Å². The van der Waals surface area contributed by atoms with E-state index in [9.17, 15) is 0 Å². The van der Waals surface area contributed by atoms with E-state index in [0.29, 0.717) is 0 Å². The van der Waals surface area contributed by atoms with Crippen LogP contribution in [0.5, 0.6) is 0 Å². The molecule has 0 heterocycles. The second kappa shape index (κ2) is 15.8. The fourth-order valence-electron chi connectivity index (χ4n) is 2.45.